The maximum atomic E-state index is 10.5. The van der Waals surface area contributed by atoms with Crippen LogP contribution >= 0.6 is 0 Å². The predicted molar refractivity (Wildman–Crippen MR) is 108 cm³/mol. The highest BCUT2D eigenvalue weighted by Gasteiger charge is 2.15. The van der Waals surface area contributed by atoms with Crippen LogP contribution in [0.15, 0.2) is 77.4 Å². The van der Waals surface area contributed by atoms with Crippen molar-refractivity contribution in [2.75, 3.05) is 20.3 Å². The number of rotatable bonds is 11. The molecule has 1 atom stereocenters. The van der Waals surface area contributed by atoms with Crippen molar-refractivity contribution in [3.63, 3.8) is 0 Å². The Morgan fingerprint density at radius 2 is 1.79 bits per heavy atom. The average Bonchev–Trinajstić information content (AvgIpc) is 3.22. The van der Waals surface area contributed by atoms with Gasteiger partial charge in [-0.3, -0.25) is 4.90 Å². The Morgan fingerprint density at radius 3 is 2.54 bits per heavy atom. The molecule has 0 amide bonds. The molecule has 1 unspecified atom stereocenters. The highest BCUT2D eigenvalue weighted by Crippen LogP contribution is 2.16. The Morgan fingerprint density at radius 1 is 0.964 bits per heavy atom. The van der Waals surface area contributed by atoms with Gasteiger partial charge in [-0.15, -0.1) is 0 Å². The normalized spacial score (nSPS) is 12.2. The fourth-order valence-corrected chi connectivity index (χ4v) is 3.07. The first-order chi connectivity index (χ1) is 13.7. The minimum Gasteiger partial charge on any atom is -0.497 e. The molecule has 0 aliphatic rings. The van der Waals surface area contributed by atoms with Gasteiger partial charge in [-0.2, -0.15) is 0 Å². The highest BCUT2D eigenvalue weighted by molar-refractivity contribution is 5.28. The fourth-order valence-electron chi connectivity index (χ4n) is 3.07. The second-order valence-corrected chi connectivity index (χ2v) is 6.76. The minimum atomic E-state index is -0.593. The molecule has 5 nitrogen and oxygen atoms in total. The monoisotopic (exact) mass is 381 g/mol. The van der Waals surface area contributed by atoms with E-state index in [4.69, 9.17) is 13.9 Å². The first kappa shape index (κ1) is 20.1. The zero-order chi connectivity index (χ0) is 19.6. The van der Waals surface area contributed by atoms with E-state index in [-0.39, 0.29) is 6.61 Å². The maximum absolute atomic E-state index is 10.5. The lowest BCUT2D eigenvalue weighted by atomic mass is 10.2. The van der Waals surface area contributed by atoms with E-state index < -0.39 is 6.10 Å². The largest absolute Gasteiger partial charge is 0.497 e. The van der Waals surface area contributed by atoms with Crippen molar-refractivity contribution in [1.29, 1.82) is 0 Å². The molecule has 1 N–H and O–H groups in total. The van der Waals surface area contributed by atoms with E-state index in [0.717, 1.165) is 22.6 Å². The summed E-state index contributed by atoms with van der Waals surface area (Å²) in [6, 6.07) is 21.7. The van der Waals surface area contributed by atoms with Crippen LogP contribution in [-0.4, -0.2) is 36.4 Å². The van der Waals surface area contributed by atoms with Crippen LogP contribution in [0.1, 0.15) is 16.9 Å². The van der Waals surface area contributed by atoms with Crippen LogP contribution in [0.2, 0.25) is 0 Å². The fraction of sp³-hybridized carbons (Fsp3) is 0.304. The molecule has 0 saturated heterocycles. The molecule has 28 heavy (non-hydrogen) atoms. The molecule has 5 heteroatoms. The quantitative estimate of drug-likeness (QED) is 0.546. The van der Waals surface area contributed by atoms with Crippen LogP contribution in [0.3, 0.4) is 0 Å². The summed E-state index contributed by atoms with van der Waals surface area (Å²) < 4.78 is 16.5. The van der Waals surface area contributed by atoms with E-state index in [9.17, 15) is 5.11 Å². The van der Waals surface area contributed by atoms with Crippen molar-refractivity contribution in [3.8, 4) is 5.75 Å². The molecular weight excluding hydrogens is 354 g/mol. The molecule has 148 valence electrons. The van der Waals surface area contributed by atoms with E-state index in [0.29, 0.717) is 26.2 Å². The Bertz CT molecular complexity index is 804. The van der Waals surface area contributed by atoms with Gasteiger partial charge in [-0.25, -0.2) is 0 Å². The third kappa shape index (κ3) is 6.53. The summed E-state index contributed by atoms with van der Waals surface area (Å²) in [4.78, 5) is 2.14. The standard InChI is InChI=1S/C23H27NO4/c1-26-22-10-5-9-20(13-22)14-24(16-23-11-6-12-28-23)15-21(25)18-27-17-19-7-3-2-4-8-19/h2-13,21,25H,14-18H2,1H3. The van der Waals surface area contributed by atoms with Crippen LogP contribution in [0, 0.1) is 0 Å². The summed E-state index contributed by atoms with van der Waals surface area (Å²) in [7, 11) is 1.66. The third-order valence-corrected chi connectivity index (χ3v) is 4.39. The summed E-state index contributed by atoms with van der Waals surface area (Å²) in [5.74, 6) is 1.68. The van der Waals surface area contributed by atoms with Crippen LogP contribution in [0.5, 0.6) is 5.75 Å². The molecule has 3 aromatic rings. The van der Waals surface area contributed by atoms with Gasteiger partial charge >= 0.3 is 0 Å². The van der Waals surface area contributed by atoms with Crippen LogP contribution in [-0.2, 0) is 24.4 Å². The van der Waals surface area contributed by atoms with Gasteiger partial charge in [0, 0.05) is 13.1 Å². The van der Waals surface area contributed by atoms with Gasteiger partial charge in [-0.05, 0) is 35.4 Å². The Hall–Kier alpha value is -2.60. The second kappa shape index (κ2) is 10.7. The molecule has 1 heterocycles. The van der Waals surface area contributed by atoms with Crippen molar-refractivity contribution >= 4 is 0 Å². The Labute approximate surface area is 166 Å². The molecule has 0 fully saturated rings. The Balaban J connectivity index is 1.56. The summed E-state index contributed by atoms with van der Waals surface area (Å²) in [5.41, 5.74) is 2.21. The molecular formula is C23H27NO4. The number of ether oxygens (including phenoxy) is 2. The zero-order valence-corrected chi connectivity index (χ0v) is 16.2. The molecule has 0 spiro atoms. The lowest BCUT2D eigenvalue weighted by Crippen LogP contribution is -2.34. The summed E-state index contributed by atoms with van der Waals surface area (Å²) in [5, 5.41) is 10.5. The number of furan rings is 1. The molecule has 0 saturated carbocycles. The maximum Gasteiger partial charge on any atom is 0.119 e. The zero-order valence-electron chi connectivity index (χ0n) is 16.2. The number of benzene rings is 2. The highest BCUT2D eigenvalue weighted by atomic mass is 16.5. The van der Waals surface area contributed by atoms with Gasteiger partial charge in [-0.1, -0.05) is 42.5 Å². The van der Waals surface area contributed by atoms with Crippen molar-refractivity contribution in [2.24, 2.45) is 0 Å². The van der Waals surface area contributed by atoms with Crippen molar-refractivity contribution in [2.45, 2.75) is 25.8 Å². The predicted octanol–water partition coefficient (Wildman–Crippen LogP) is 3.87. The average molecular weight is 381 g/mol. The number of aliphatic hydroxyl groups excluding tert-OH is 1. The van der Waals surface area contributed by atoms with E-state index in [1.165, 1.54) is 0 Å². The number of methoxy groups -OCH3 is 1. The van der Waals surface area contributed by atoms with Gasteiger partial charge in [0.25, 0.3) is 0 Å². The number of hydrogen-bond acceptors (Lipinski definition) is 5. The molecule has 0 bridgehead atoms. The first-order valence-electron chi connectivity index (χ1n) is 9.40. The topological polar surface area (TPSA) is 55.1 Å². The van der Waals surface area contributed by atoms with Gasteiger partial charge in [0.05, 0.1) is 39.2 Å². The van der Waals surface area contributed by atoms with Crippen molar-refractivity contribution in [3.05, 3.63) is 89.9 Å². The van der Waals surface area contributed by atoms with E-state index in [2.05, 4.69) is 11.0 Å². The molecule has 0 aliphatic carbocycles. The van der Waals surface area contributed by atoms with E-state index in [1.807, 2.05) is 60.7 Å². The summed E-state index contributed by atoms with van der Waals surface area (Å²) in [6.07, 6.45) is 1.07. The van der Waals surface area contributed by atoms with Gasteiger partial charge in [0.15, 0.2) is 0 Å². The number of hydrogen-bond donors (Lipinski definition) is 1. The lowest BCUT2D eigenvalue weighted by Gasteiger charge is -2.24. The molecule has 3 rings (SSSR count). The SMILES string of the molecule is COc1cccc(CN(Cc2ccco2)CC(O)COCc2ccccc2)c1. The van der Waals surface area contributed by atoms with Gasteiger partial charge in [0.1, 0.15) is 11.5 Å². The second-order valence-electron chi connectivity index (χ2n) is 6.76. The Kier molecular flexibility index (Phi) is 7.67. The summed E-state index contributed by atoms with van der Waals surface area (Å²) in [6.45, 7) is 2.54. The van der Waals surface area contributed by atoms with E-state index >= 15 is 0 Å². The van der Waals surface area contributed by atoms with Gasteiger partial charge < -0.3 is 19.0 Å². The van der Waals surface area contributed by atoms with Crippen LogP contribution in [0.4, 0.5) is 0 Å². The summed E-state index contributed by atoms with van der Waals surface area (Å²) >= 11 is 0. The number of aliphatic hydroxyl groups is 1. The lowest BCUT2D eigenvalue weighted by molar-refractivity contribution is 0.00613. The van der Waals surface area contributed by atoms with E-state index in [1.54, 1.807) is 13.4 Å². The molecule has 2 aromatic carbocycles. The minimum absolute atomic E-state index is 0.279. The molecule has 1 aromatic heterocycles. The smallest absolute Gasteiger partial charge is 0.119 e. The number of nitrogens with zero attached hydrogens (tertiary/aromatic N) is 1. The van der Waals surface area contributed by atoms with Crippen molar-refractivity contribution in [1.82, 2.24) is 4.90 Å². The third-order valence-electron chi connectivity index (χ3n) is 4.39. The molecule has 0 radical (unpaired) electrons. The van der Waals surface area contributed by atoms with Crippen molar-refractivity contribution < 1.29 is 19.0 Å². The molecule has 0 aliphatic heterocycles. The van der Waals surface area contributed by atoms with Crippen LogP contribution < -0.4 is 4.74 Å². The first-order valence-corrected chi connectivity index (χ1v) is 9.40. The van der Waals surface area contributed by atoms with Gasteiger partial charge in [0.2, 0.25) is 0 Å². The van der Waals surface area contributed by atoms with Crippen LogP contribution in [0.25, 0.3) is 0 Å².